The molecular formula is C25H24FN5O6S. The Bertz CT molecular complexity index is 1600. The van der Waals surface area contributed by atoms with E-state index in [4.69, 9.17) is 19.2 Å². The molecule has 0 aliphatic rings. The Kier molecular flexibility index (Phi) is 7.47. The zero-order valence-corrected chi connectivity index (χ0v) is 21.7. The molecule has 0 saturated heterocycles. The largest absolute Gasteiger partial charge is 0.494 e. The molecule has 3 heterocycles. The predicted octanol–water partition coefficient (Wildman–Crippen LogP) is 3.30. The molecule has 0 bridgehead atoms. The SMILES string of the molecule is COc1cccc(OC)c1-n1c(CS(=O)(=O)[C@@H](C)[C@H](O)c2ncc(C#N)cc2F)nnc1-c1ccc(C)o1. The highest BCUT2D eigenvalue weighted by atomic mass is 32.2. The summed E-state index contributed by atoms with van der Waals surface area (Å²) in [6.07, 6.45) is -0.750. The lowest BCUT2D eigenvalue weighted by atomic mass is 10.1. The van der Waals surface area contributed by atoms with E-state index >= 15 is 0 Å². The summed E-state index contributed by atoms with van der Waals surface area (Å²) in [5, 5.41) is 26.5. The lowest BCUT2D eigenvalue weighted by molar-refractivity contribution is 0.166. The number of aryl methyl sites for hydroxylation is 1. The summed E-state index contributed by atoms with van der Waals surface area (Å²) in [5.74, 6) is 0.123. The monoisotopic (exact) mass is 541 g/mol. The average Bonchev–Trinajstić information content (AvgIpc) is 3.52. The summed E-state index contributed by atoms with van der Waals surface area (Å²) in [6, 6.07) is 11.0. The zero-order valence-electron chi connectivity index (χ0n) is 20.9. The Morgan fingerprint density at radius 1 is 1.18 bits per heavy atom. The summed E-state index contributed by atoms with van der Waals surface area (Å²) in [5.41, 5.74) is -0.210. The molecule has 0 radical (unpaired) electrons. The number of hydrogen-bond donors (Lipinski definition) is 1. The van der Waals surface area contributed by atoms with Gasteiger partial charge in [0.2, 0.25) is 5.82 Å². The molecule has 2 atom stereocenters. The maximum atomic E-state index is 14.5. The molecule has 0 unspecified atom stereocenters. The first-order chi connectivity index (χ1) is 18.1. The second-order valence-corrected chi connectivity index (χ2v) is 10.7. The molecule has 0 aliphatic carbocycles. The van der Waals surface area contributed by atoms with Gasteiger partial charge in [-0.15, -0.1) is 10.2 Å². The van der Waals surface area contributed by atoms with Crippen LogP contribution in [0.2, 0.25) is 0 Å². The Balaban J connectivity index is 1.81. The number of methoxy groups -OCH3 is 2. The number of halogens is 1. The molecule has 0 fully saturated rings. The van der Waals surface area contributed by atoms with Crippen molar-refractivity contribution >= 4 is 9.84 Å². The van der Waals surface area contributed by atoms with Crippen molar-refractivity contribution in [2.45, 2.75) is 31.0 Å². The van der Waals surface area contributed by atoms with Gasteiger partial charge in [0, 0.05) is 6.20 Å². The van der Waals surface area contributed by atoms with Crippen molar-refractivity contribution in [2.24, 2.45) is 0 Å². The molecule has 0 amide bonds. The van der Waals surface area contributed by atoms with Crippen molar-refractivity contribution in [3.8, 4) is 34.8 Å². The third-order valence-electron chi connectivity index (χ3n) is 5.94. The molecule has 198 valence electrons. The third-order valence-corrected chi connectivity index (χ3v) is 7.99. The van der Waals surface area contributed by atoms with Crippen molar-refractivity contribution in [3.05, 3.63) is 71.3 Å². The van der Waals surface area contributed by atoms with E-state index in [1.165, 1.54) is 25.7 Å². The molecule has 38 heavy (non-hydrogen) atoms. The number of sulfone groups is 1. The first-order valence-electron chi connectivity index (χ1n) is 11.3. The minimum absolute atomic E-state index is 0.0239. The van der Waals surface area contributed by atoms with Crippen LogP contribution < -0.4 is 9.47 Å². The van der Waals surface area contributed by atoms with Crippen LogP contribution in [-0.2, 0) is 15.6 Å². The number of para-hydroxylation sites is 1. The molecular weight excluding hydrogens is 517 g/mol. The number of benzene rings is 1. The number of pyridine rings is 1. The topological polar surface area (TPSA) is 153 Å². The normalized spacial score (nSPS) is 13.1. The predicted molar refractivity (Wildman–Crippen MR) is 133 cm³/mol. The highest BCUT2D eigenvalue weighted by Crippen LogP contribution is 2.37. The summed E-state index contributed by atoms with van der Waals surface area (Å²) in [4.78, 5) is 3.76. The number of aromatic nitrogens is 4. The summed E-state index contributed by atoms with van der Waals surface area (Å²) in [6.45, 7) is 2.99. The number of aliphatic hydroxyl groups excluding tert-OH is 1. The van der Waals surface area contributed by atoms with Crippen molar-refractivity contribution in [3.63, 3.8) is 0 Å². The Morgan fingerprint density at radius 3 is 2.42 bits per heavy atom. The van der Waals surface area contributed by atoms with Crippen LogP contribution in [0, 0.1) is 24.1 Å². The van der Waals surface area contributed by atoms with Gasteiger partial charge in [0.15, 0.2) is 21.4 Å². The van der Waals surface area contributed by atoms with Crippen LogP contribution in [0.25, 0.3) is 17.3 Å². The van der Waals surface area contributed by atoms with Gasteiger partial charge < -0.3 is 19.0 Å². The van der Waals surface area contributed by atoms with Gasteiger partial charge in [-0.25, -0.2) is 12.8 Å². The van der Waals surface area contributed by atoms with E-state index in [0.29, 0.717) is 28.7 Å². The van der Waals surface area contributed by atoms with Crippen LogP contribution >= 0.6 is 0 Å². The number of aliphatic hydroxyl groups is 1. The van der Waals surface area contributed by atoms with E-state index in [0.717, 1.165) is 12.3 Å². The minimum Gasteiger partial charge on any atom is -0.494 e. The highest BCUT2D eigenvalue weighted by molar-refractivity contribution is 7.91. The Morgan fingerprint density at radius 2 is 1.87 bits per heavy atom. The Labute approximate surface area is 218 Å². The molecule has 3 aromatic heterocycles. The van der Waals surface area contributed by atoms with Crippen LogP contribution in [0.15, 0.2) is 47.0 Å². The molecule has 13 heteroatoms. The molecule has 1 N–H and O–H groups in total. The van der Waals surface area contributed by atoms with Crippen LogP contribution in [0.5, 0.6) is 11.5 Å². The lowest BCUT2D eigenvalue weighted by Crippen LogP contribution is -2.29. The van der Waals surface area contributed by atoms with Gasteiger partial charge in [-0.05, 0) is 44.2 Å². The summed E-state index contributed by atoms with van der Waals surface area (Å²) >= 11 is 0. The van der Waals surface area contributed by atoms with Gasteiger partial charge in [-0.3, -0.25) is 9.55 Å². The van der Waals surface area contributed by atoms with Gasteiger partial charge >= 0.3 is 0 Å². The second kappa shape index (κ2) is 10.6. The van der Waals surface area contributed by atoms with Crippen LogP contribution in [0.3, 0.4) is 0 Å². The first kappa shape index (κ1) is 26.8. The van der Waals surface area contributed by atoms with Crippen LogP contribution in [-0.4, -0.2) is 52.7 Å². The standard InChI is InChI=1S/C25H24FN5O6S/c1-14-8-9-20(37-14)25-30-29-21(31(25)23-18(35-3)6-5-7-19(23)36-4)13-38(33,34)15(2)24(32)22-17(26)10-16(11-27)12-28-22/h5-10,12,15,24,32H,13H2,1-4H3/t15-,24-/m0/s1. The van der Waals surface area contributed by atoms with Crippen LogP contribution in [0.4, 0.5) is 4.39 Å². The maximum absolute atomic E-state index is 14.5. The molecule has 11 nitrogen and oxygen atoms in total. The van der Waals surface area contributed by atoms with Gasteiger partial charge in [0.05, 0.1) is 25.0 Å². The van der Waals surface area contributed by atoms with Gasteiger partial charge in [0.25, 0.3) is 0 Å². The molecule has 4 aromatic rings. The van der Waals surface area contributed by atoms with Gasteiger partial charge in [-0.2, -0.15) is 5.26 Å². The van der Waals surface area contributed by atoms with Gasteiger partial charge in [0.1, 0.15) is 52.4 Å². The van der Waals surface area contributed by atoms with Crippen LogP contribution in [0.1, 0.15) is 35.9 Å². The minimum atomic E-state index is -4.18. The molecule has 0 spiro atoms. The van der Waals surface area contributed by atoms with Crippen molar-refractivity contribution < 1.29 is 31.8 Å². The first-order valence-corrected chi connectivity index (χ1v) is 13.0. The molecule has 4 rings (SSSR count). The second-order valence-electron chi connectivity index (χ2n) is 8.36. The summed E-state index contributed by atoms with van der Waals surface area (Å²) in [7, 11) is -1.28. The van der Waals surface area contributed by atoms with E-state index in [1.54, 1.807) is 43.3 Å². The fourth-order valence-corrected chi connectivity index (χ4v) is 5.20. The fourth-order valence-electron chi connectivity index (χ4n) is 3.87. The number of nitrogens with zero attached hydrogens (tertiary/aromatic N) is 5. The fraction of sp³-hybridized carbons (Fsp3) is 0.280. The summed E-state index contributed by atoms with van der Waals surface area (Å²) < 4.78 is 59.6. The lowest BCUT2D eigenvalue weighted by Gasteiger charge is -2.20. The molecule has 0 saturated carbocycles. The smallest absolute Gasteiger partial charge is 0.204 e. The number of ether oxygens (including phenoxy) is 2. The van der Waals surface area contributed by atoms with E-state index in [2.05, 4.69) is 15.2 Å². The van der Waals surface area contributed by atoms with Crippen molar-refractivity contribution in [2.75, 3.05) is 14.2 Å². The van der Waals surface area contributed by atoms with E-state index in [9.17, 15) is 17.9 Å². The van der Waals surface area contributed by atoms with E-state index in [-0.39, 0.29) is 17.2 Å². The molecule has 0 aliphatic heterocycles. The quantitative estimate of drug-likeness (QED) is 0.334. The number of nitriles is 1. The van der Waals surface area contributed by atoms with E-state index < -0.39 is 38.5 Å². The number of rotatable bonds is 9. The van der Waals surface area contributed by atoms with Crippen molar-refractivity contribution in [1.29, 1.82) is 5.26 Å². The van der Waals surface area contributed by atoms with Crippen molar-refractivity contribution in [1.82, 2.24) is 19.7 Å². The van der Waals surface area contributed by atoms with Gasteiger partial charge in [-0.1, -0.05) is 6.07 Å². The molecule has 1 aromatic carbocycles. The average molecular weight is 542 g/mol. The zero-order chi connectivity index (χ0) is 27.6. The highest BCUT2D eigenvalue weighted by Gasteiger charge is 2.35. The van der Waals surface area contributed by atoms with E-state index in [1.807, 2.05) is 0 Å². The Hall–Kier alpha value is -4.28. The number of hydrogen-bond acceptors (Lipinski definition) is 10. The third kappa shape index (κ3) is 4.96. The maximum Gasteiger partial charge on any atom is 0.204 e. The number of furan rings is 1.